The first-order valence-electron chi connectivity index (χ1n) is 25.5. The molecule has 28 nitrogen and oxygen atoms in total. The van der Waals surface area contributed by atoms with Crippen molar-refractivity contribution in [2.45, 2.75) is 98.8 Å². The Balaban J connectivity index is 0.881. The lowest BCUT2D eigenvalue weighted by Crippen LogP contribution is -2.70. The molecule has 6 N–H and O–H groups in total. The van der Waals surface area contributed by atoms with Gasteiger partial charge in [0.1, 0.15) is 99.8 Å². The topological polar surface area (TPSA) is 356 Å². The highest BCUT2D eigenvalue weighted by Gasteiger charge is 2.56. The van der Waals surface area contributed by atoms with E-state index in [1.54, 1.807) is 0 Å². The third kappa shape index (κ3) is 16.1. The first-order chi connectivity index (χ1) is 39.2. The zero-order valence-corrected chi connectivity index (χ0v) is 44.6. The second-order valence-corrected chi connectivity index (χ2v) is 20.3. The quantitative estimate of drug-likeness (QED) is 0.0263. The Bertz CT molecular complexity index is 2720. The number of morpholine rings is 2. The van der Waals surface area contributed by atoms with Gasteiger partial charge in [-0.05, 0) is 25.1 Å². The Labute approximate surface area is 469 Å². The fraction of sp³-hybridized carbons (Fsp3) is 0.646. The molecule has 3 unspecified atom stereocenters. The average Bonchev–Trinajstić information content (AvgIpc) is 3.80. The van der Waals surface area contributed by atoms with Crippen molar-refractivity contribution >= 4 is 75.8 Å². The number of aliphatic hydroxyl groups is 4. The van der Waals surface area contributed by atoms with Gasteiger partial charge in [-0.2, -0.15) is 26.3 Å². The van der Waals surface area contributed by atoms with E-state index in [0.29, 0.717) is 9.80 Å². The second-order valence-electron chi connectivity index (χ2n) is 19.1. The van der Waals surface area contributed by atoms with E-state index in [4.69, 9.17) is 42.6 Å². The minimum Gasteiger partial charge on any atom is -0.492 e. The van der Waals surface area contributed by atoms with Gasteiger partial charge in [-0.25, -0.2) is 4.79 Å². The molecule has 0 aliphatic carbocycles. The van der Waals surface area contributed by atoms with Crippen LogP contribution in [-0.4, -0.2) is 270 Å². The second kappa shape index (κ2) is 28.1. The van der Waals surface area contributed by atoms with Gasteiger partial charge >= 0.3 is 36.1 Å². The summed E-state index contributed by atoms with van der Waals surface area (Å²) < 4.78 is 129. The first-order valence-corrected chi connectivity index (χ1v) is 26.5. The molecule has 35 heteroatoms. The third-order valence-electron chi connectivity index (χ3n) is 13.4. The molecule has 7 rings (SSSR count). The average molecular weight is 1220 g/mol. The summed E-state index contributed by atoms with van der Waals surface area (Å²) in [6, 6.07) is 1.01. The Kier molecular flexibility index (Phi) is 21.7. The molecule has 0 radical (unpaired) electrons. The van der Waals surface area contributed by atoms with E-state index in [1.807, 2.05) is 0 Å². The summed E-state index contributed by atoms with van der Waals surface area (Å²) in [5, 5.41) is 46.7. The van der Waals surface area contributed by atoms with Crippen LogP contribution in [0.5, 0.6) is 5.75 Å². The number of ether oxygens (including phenoxy) is 9. The highest BCUT2D eigenvalue weighted by molar-refractivity contribution is 8.01. The van der Waals surface area contributed by atoms with Crippen LogP contribution in [0.1, 0.15) is 23.7 Å². The van der Waals surface area contributed by atoms with E-state index >= 15 is 0 Å². The Hall–Kier alpha value is -6.28. The van der Waals surface area contributed by atoms with Crippen LogP contribution >= 0.6 is 11.8 Å². The number of alkyl halides is 6. The molecule has 11 atom stereocenters. The lowest BCUT2D eigenvalue weighted by Gasteiger charge is -2.49. The van der Waals surface area contributed by atoms with Crippen LogP contribution in [0, 0.1) is 0 Å². The number of nitrogens with zero attached hydrogens (tertiary/aromatic N) is 4. The van der Waals surface area contributed by atoms with Gasteiger partial charge in [-0.15, -0.1) is 11.8 Å². The molecule has 1 aromatic heterocycles. The number of likely N-dealkylation sites (tertiary alicyclic amines) is 1. The minimum atomic E-state index is -5.27. The number of thioether (sulfide) groups is 1. The number of rotatable bonds is 24. The minimum absolute atomic E-state index is 0.0519. The number of hydrogen-bond donors (Lipinski definition) is 6. The molecule has 6 amide bonds. The lowest BCUT2D eigenvalue weighted by atomic mass is 9.94. The molecule has 460 valence electrons. The summed E-state index contributed by atoms with van der Waals surface area (Å²) in [5.74, 6) is -8.76. The summed E-state index contributed by atoms with van der Waals surface area (Å²) in [6.07, 6.45) is -22.8. The standard InChI is InChI=1S/C48H58F6N6O22S/c1-23(61)22-83-30-15-33(64)58(41(30)70)4-7-76-24-2-3-27-25(14-24)26(42(71)78-13-11-75-21-32(63)56-17-29-38(67)40(69)36-44(82-29)80-9-6-60(36)46(73)48(52,53)54)18-57(27)19-34(65)77-12-10-74-20-31(62)55-16-28-37(66)39(68)35-43(81-28)79-8-5-59(35)45(72)47(49,50)51/h2-3,14,18,28-30,35-40,43-44,66-69H,4-13,15-17,19-22H2,1H3,(H,55,62)(H,56,63)/t28?,29?,30?,35-,36-,37+,38+,39-,40-,43+,44+/m1/s1. The molecule has 0 saturated carbocycles. The van der Waals surface area contributed by atoms with Gasteiger partial charge in [-0.1, -0.05) is 0 Å². The van der Waals surface area contributed by atoms with E-state index in [-0.39, 0.29) is 86.4 Å². The smallest absolute Gasteiger partial charge is 0.471 e. The number of amides is 6. The van der Waals surface area contributed by atoms with Gasteiger partial charge in [0.15, 0.2) is 12.6 Å². The van der Waals surface area contributed by atoms with Crippen LogP contribution in [0.2, 0.25) is 0 Å². The van der Waals surface area contributed by atoms with Crippen molar-refractivity contribution in [1.29, 1.82) is 0 Å². The van der Waals surface area contributed by atoms with Crippen molar-refractivity contribution in [3.05, 3.63) is 30.0 Å². The highest BCUT2D eigenvalue weighted by Crippen LogP contribution is 2.34. The lowest BCUT2D eigenvalue weighted by molar-refractivity contribution is -0.300. The number of benzene rings is 1. The zero-order valence-electron chi connectivity index (χ0n) is 43.8. The maximum absolute atomic E-state index is 13.6. The molecule has 0 spiro atoms. The predicted molar refractivity (Wildman–Crippen MR) is 261 cm³/mol. The Morgan fingerprint density at radius 1 is 0.723 bits per heavy atom. The molecule has 6 heterocycles. The van der Waals surface area contributed by atoms with Gasteiger partial charge in [0, 0.05) is 49.7 Å². The number of hydrogen-bond acceptors (Lipinski definition) is 23. The summed E-state index contributed by atoms with van der Waals surface area (Å²) in [5.41, 5.74) is 0.182. The molecule has 0 bridgehead atoms. The first kappa shape index (κ1) is 64.3. The molecule has 5 saturated heterocycles. The number of halogens is 6. The van der Waals surface area contributed by atoms with Crippen molar-refractivity contribution in [3.63, 3.8) is 0 Å². The van der Waals surface area contributed by atoms with Gasteiger partial charge in [0.2, 0.25) is 23.6 Å². The summed E-state index contributed by atoms with van der Waals surface area (Å²) in [4.78, 5) is 114. The Morgan fingerprint density at radius 3 is 1.77 bits per heavy atom. The molecular weight excluding hydrogens is 1160 g/mol. The van der Waals surface area contributed by atoms with Crippen molar-refractivity contribution in [2.24, 2.45) is 0 Å². The molecule has 83 heavy (non-hydrogen) atoms. The summed E-state index contributed by atoms with van der Waals surface area (Å²) >= 11 is 1.06. The van der Waals surface area contributed by atoms with Crippen molar-refractivity contribution < 1.29 is 133 Å². The van der Waals surface area contributed by atoms with Crippen LogP contribution in [-0.2, 0) is 82.8 Å². The maximum atomic E-state index is 13.6. The van der Waals surface area contributed by atoms with E-state index in [2.05, 4.69) is 10.6 Å². The van der Waals surface area contributed by atoms with Crippen LogP contribution in [0.3, 0.4) is 0 Å². The monoisotopic (exact) mass is 1220 g/mol. The van der Waals surface area contributed by atoms with Gasteiger partial charge < -0.3 is 88.1 Å². The number of nitrogens with one attached hydrogen (secondary N) is 2. The number of carbonyl (C=O) groups is 9. The molecular formula is C48H58F6N6O22S. The van der Waals surface area contributed by atoms with Crippen LogP contribution in [0.15, 0.2) is 24.4 Å². The number of imide groups is 1. The number of fused-ring (bicyclic) bond motifs is 3. The zero-order chi connectivity index (χ0) is 60.5. The van der Waals surface area contributed by atoms with E-state index < -0.39 is 179 Å². The summed E-state index contributed by atoms with van der Waals surface area (Å²) in [6.45, 7) is -4.95. The van der Waals surface area contributed by atoms with Gasteiger partial charge in [0.05, 0.1) is 49.5 Å². The van der Waals surface area contributed by atoms with E-state index in [1.165, 1.54) is 35.9 Å². The highest BCUT2D eigenvalue weighted by atomic mass is 32.2. The number of Topliss-reactive ketones (excluding diaryl/α,β-unsaturated/α-hetero) is 1. The third-order valence-corrected chi connectivity index (χ3v) is 14.7. The SMILES string of the molecule is CC(=O)CSC1CC(=O)N(CCOc2ccc3c(c2)c(C(=O)OCCOCC(=O)NCC2O[C@@H]4OCCN(C(=O)C(F)(F)F)[C@@H]4[C@@H](O)[C@H]2O)cn3CC(=O)OCCOCC(=O)NCC2O[C@@H]3OCCN(C(=O)C(F)(F)F)[C@@H]3[C@@H](O)[C@H]2O)C1=O. The molecule has 5 aliphatic heterocycles. The fourth-order valence-corrected chi connectivity index (χ4v) is 10.4. The number of aromatic nitrogens is 1. The maximum Gasteiger partial charge on any atom is 0.471 e. The molecule has 5 fully saturated rings. The van der Waals surface area contributed by atoms with Crippen LogP contribution in [0.4, 0.5) is 26.3 Å². The van der Waals surface area contributed by atoms with Crippen molar-refractivity contribution in [2.75, 3.05) is 97.9 Å². The number of aliphatic hydroxyl groups excluding tert-OH is 4. The number of carbonyl (C=O) groups excluding carboxylic acids is 9. The molecule has 1 aromatic carbocycles. The van der Waals surface area contributed by atoms with Gasteiger partial charge in [0.25, 0.3) is 0 Å². The normalized spacial score (nSPS) is 26.5. The molecule has 5 aliphatic rings. The fourth-order valence-electron chi connectivity index (χ4n) is 9.42. The van der Waals surface area contributed by atoms with Gasteiger partial charge in [-0.3, -0.25) is 43.3 Å². The number of esters is 2. The Morgan fingerprint density at radius 2 is 1.25 bits per heavy atom. The predicted octanol–water partition coefficient (Wildman–Crippen LogP) is -3.09. The van der Waals surface area contributed by atoms with E-state index in [0.717, 1.165) is 16.7 Å². The van der Waals surface area contributed by atoms with Crippen molar-refractivity contribution in [1.82, 2.24) is 29.9 Å². The van der Waals surface area contributed by atoms with Crippen LogP contribution < -0.4 is 15.4 Å². The van der Waals surface area contributed by atoms with Crippen LogP contribution in [0.25, 0.3) is 10.9 Å². The molecule has 2 aromatic rings. The number of ketones is 1. The summed E-state index contributed by atoms with van der Waals surface area (Å²) in [7, 11) is 0. The van der Waals surface area contributed by atoms with Crippen molar-refractivity contribution in [3.8, 4) is 5.75 Å². The van der Waals surface area contributed by atoms with E-state index in [9.17, 15) is 89.9 Å². The largest absolute Gasteiger partial charge is 0.492 e.